The van der Waals surface area contributed by atoms with Crippen LogP contribution in [0.3, 0.4) is 0 Å². The first-order valence-corrected chi connectivity index (χ1v) is 7.60. The Morgan fingerprint density at radius 2 is 1.90 bits per heavy atom. The van der Waals surface area contributed by atoms with E-state index in [1.54, 1.807) is 13.8 Å². The number of carbonyl (C=O) groups excluding carboxylic acids is 1. The predicted octanol–water partition coefficient (Wildman–Crippen LogP) is 2.83. The van der Waals surface area contributed by atoms with Gasteiger partial charge in [-0.15, -0.1) is 0 Å². The molecule has 21 heavy (non-hydrogen) atoms. The zero-order valence-corrected chi connectivity index (χ0v) is 13.7. The number of carboxylic acid groups (broad SMARTS) is 1. The summed E-state index contributed by atoms with van der Waals surface area (Å²) in [6.45, 7) is 3.93. The van der Waals surface area contributed by atoms with Crippen LogP contribution in [0.5, 0.6) is 5.75 Å². The summed E-state index contributed by atoms with van der Waals surface area (Å²) in [7, 11) is 0. The molecule has 0 aliphatic rings. The summed E-state index contributed by atoms with van der Waals surface area (Å²) in [6.07, 6.45) is 0.777. The van der Waals surface area contributed by atoms with Crippen LogP contribution in [0, 0.1) is 5.92 Å². The molecular formula is C15H20BrNO4. The summed E-state index contributed by atoms with van der Waals surface area (Å²) in [6, 6.07) is 6.58. The quantitative estimate of drug-likeness (QED) is 0.701. The molecular weight excluding hydrogens is 338 g/mol. The van der Waals surface area contributed by atoms with Gasteiger partial charge in [0.1, 0.15) is 11.8 Å². The van der Waals surface area contributed by atoms with Gasteiger partial charge in [-0.1, -0.05) is 29.8 Å². The van der Waals surface area contributed by atoms with Crippen molar-refractivity contribution in [2.24, 2.45) is 5.92 Å². The van der Waals surface area contributed by atoms with Crippen molar-refractivity contribution in [2.75, 3.05) is 6.61 Å². The summed E-state index contributed by atoms with van der Waals surface area (Å²) < 4.78 is 6.47. The summed E-state index contributed by atoms with van der Waals surface area (Å²) in [5, 5.41) is 11.5. The fourth-order valence-electron chi connectivity index (χ4n) is 1.71. The van der Waals surface area contributed by atoms with Crippen molar-refractivity contribution >= 4 is 27.8 Å². The van der Waals surface area contributed by atoms with Crippen LogP contribution in [0.2, 0.25) is 0 Å². The maximum Gasteiger partial charge on any atom is 0.326 e. The number of rotatable bonds is 8. The van der Waals surface area contributed by atoms with E-state index in [9.17, 15) is 9.59 Å². The largest absolute Gasteiger partial charge is 0.494 e. The van der Waals surface area contributed by atoms with Gasteiger partial charge in [0.05, 0.1) is 6.61 Å². The monoisotopic (exact) mass is 357 g/mol. The lowest BCUT2D eigenvalue weighted by molar-refractivity contribution is -0.143. The van der Waals surface area contributed by atoms with Gasteiger partial charge in [-0.25, -0.2) is 4.79 Å². The average molecular weight is 358 g/mol. The lowest BCUT2D eigenvalue weighted by atomic mass is 10.0. The van der Waals surface area contributed by atoms with Crippen LogP contribution in [0.15, 0.2) is 28.7 Å². The molecule has 1 aromatic carbocycles. The van der Waals surface area contributed by atoms with Crippen molar-refractivity contribution in [3.8, 4) is 5.75 Å². The van der Waals surface area contributed by atoms with Gasteiger partial charge in [0.2, 0.25) is 5.91 Å². The standard InChI is InChI=1S/C15H20BrNO4/c1-10(2)14(15(19)20)17-13(18)4-3-9-21-12-7-5-11(16)6-8-12/h5-8,10,14H,3-4,9H2,1-2H3,(H,17,18)(H,19,20)/t14-/m1/s1. The van der Waals surface area contributed by atoms with E-state index in [0.717, 1.165) is 10.2 Å². The molecule has 0 unspecified atom stereocenters. The Morgan fingerprint density at radius 1 is 1.29 bits per heavy atom. The minimum Gasteiger partial charge on any atom is -0.494 e. The van der Waals surface area contributed by atoms with Crippen molar-refractivity contribution in [3.05, 3.63) is 28.7 Å². The van der Waals surface area contributed by atoms with Gasteiger partial charge >= 0.3 is 5.97 Å². The number of benzene rings is 1. The Morgan fingerprint density at radius 3 is 2.43 bits per heavy atom. The molecule has 0 radical (unpaired) electrons. The first-order valence-electron chi connectivity index (χ1n) is 6.80. The van der Waals surface area contributed by atoms with Crippen LogP contribution in [0.1, 0.15) is 26.7 Å². The van der Waals surface area contributed by atoms with E-state index in [-0.39, 0.29) is 18.2 Å². The molecule has 0 heterocycles. The number of hydrogen-bond acceptors (Lipinski definition) is 3. The number of halogens is 1. The van der Waals surface area contributed by atoms with E-state index in [0.29, 0.717) is 13.0 Å². The van der Waals surface area contributed by atoms with Crippen molar-refractivity contribution in [2.45, 2.75) is 32.7 Å². The minimum atomic E-state index is -1.01. The number of carboxylic acids is 1. The highest BCUT2D eigenvalue weighted by molar-refractivity contribution is 9.10. The van der Waals surface area contributed by atoms with Gasteiger partial charge in [0.15, 0.2) is 0 Å². The van der Waals surface area contributed by atoms with Crippen LogP contribution in [0.4, 0.5) is 0 Å². The van der Waals surface area contributed by atoms with Crippen molar-refractivity contribution < 1.29 is 19.4 Å². The predicted molar refractivity (Wildman–Crippen MR) is 83.3 cm³/mol. The molecule has 2 N–H and O–H groups in total. The Balaban J connectivity index is 2.27. The SMILES string of the molecule is CC(C)[C@@H](NC(=O)CCCOc1ccc(Br)cc1)C(=O)O. The number of ether oxygens (including phenoxy) is 1. The maximum atomic E-state index is 11.7. The third kappa shape index (κ3) is 6.62. The molecule has 0 spiro atoms. The van der Waals surface area contributed by atoms with Crippen LogP contribution in [-0.2, 0) is 9.59 Å². The van der Waals surface area contributed by atoms with Crippen LogP contribution < -0.4 is 10.1 Å². The van der Waals surface area contributed by atoms with Crippen LogP contribution >= 0.6 is 15.9 Å². The molecule has 0 aliphatic carbocycles. The average Bonchev–Trinajstić information content (AvgIpc) is 2.42. The second-order valence-electron chi connectivity index (χ2n) is 5.03. The van der Waals surface area contributed by atoms with E-state index < -0.39 is 12.0 Å². The van der Waals surface area contributed by atoms with E-state index in [2.05, 4.69) is 21.2 Å². The second kappa shape index (κ2) is 8.67. The lowest BCUT2D eigenvalue weighted by Crippen LogP contribution is -2.44. The zero-order valence-electron chi connectivity index (χ0n) is 12.1. The van der Waals surface area contributed by atoms with Crippen molar-refractivity contribution in [1.29, 1.82) is 0 Å². The Hall–Kier alpha value is -1.56. The van der Waals surface area contributed by atoms with Crippen LogP contribution in [0.25, 0.3) is 0 Å². The first-order chi connectivity index (χ1) is 9.90. The van der Waals surface area contributed by atoms with Crippen LogP contribution in [-0.4, -0.2) is 29.6 Å². The lowest BCUT2D eigenvalue weighted by Gasteiger charge is -2.17. The van der Waals surface area contributed by atoms with E-state index >= 15 is 0 Å². The molecule has 1 rings (SSSR count). The molecule has 0 aromatic heterocycles. The van der Waals surface area contributed by atoms with Gasteiger partial charge < -0.3 is 15.2 Å². The number of nitrogens with one attached hydrogen (secondary N) is 1. The van der Waals surface area contributed by atoms with Crippen molar-refractivity contribution in [3.63, 3.8) is 0 Å². The topological polar surface area (TPSA) is 75.6 Å². The highest BCUT2D eigenvalue weighted by Crippen LogP contribution is 2.16. The highest BCUT2D eigenvalue weighted by Gasteiger charge is 2.22. The summed E-state index contributed by atoms with van der Waals surface area (Å²) in [4.78, 5) is 22.7. The van der Waals surface area contributed by atoms with E-state index in [1.165, 1.54) is 0 Å². The third-order valence-electron chi connectivity index (χ3n) is 2.88. The van der Waals surface area contributed by atoms with E-state index in [4.69, 9.17) is 9.84 Å². The summed E-state index contributed by atoms with van der Waals surface area (Å²) in [5.41, 5.74) is 0. The van der Waals surface area contributed by atoms with Gasteiger partial charge in [0.25, 0.3) is 0 Å². The molecule has 6 heteroatoms. The molecule has 116 valence electrons. The summed E-state index contributed by atoms with van der Waals surface area (Å²) >= 11 is 3.34. The van der Waals surface area contributed by atoms with Gasteiger partial charge in [0, 0.05) is 10.9 Å². The maximum absolute atomic E-state index is 11.7. The molecule has 0 fully saturated rings. The van der Waals surface area contributed by atoms with Gasteiger partial charge in [-0.3, -0.25) is 4.79 Å². The number of aliphatic carboxylic acids is 1. The third-order valence-corrected chi connectivity index (χ3v) is 3.41. The van der Waals surface area contributed by atoms with Gasteiger partial charge in [-0.05, 0) is 36.6 Å². The molecule has 0 bridgehead atoms. The minimum absolute atomic E-state index is 0.148. The summed E-state index contributed by atoms with van der Waals surface area (Å²) in [5.74, 6) is -0.686. The first kappa shape index (κ1) is 17.5. The zero-order chi connectivity index (χ0) is 15.8. The number of hydrogen-bond donors (Lipinski definition) is 2. The second-order valence-corrected chi connectivity index (χ2v) is 5.95. The Kier molecular flexibility index (Phi) is 7.22. The molecule has 1 amide bonds. The fraction of sp³-hybridized carbons (Fsp3) is 0.467. The molecule has 1 aromatic rings. The number of amides is 1. The highest BCUT2D eigenvalue weighted by atomic mass is 79.9. The van der Waals surface area contributed by atoms with Crippen molar-refractivity contribution in [1.82, 2.24) is 5.32 Å². The molecule has 5 nitrogen and oxygen atoms in total. The molecule has 0 saturated carbocycles. The van der Waals surface area contributed by atoms with Gasteiger partial charge in [-0.2, -0.15) is 0 Å². The fourth-order valence-corrected chi connectivity index (χ4v) is 1.98. The Labute approximate surface area is 132 Å². The molecule has 0 aliphatic heterocycles. The smallest absolute Gasteiger partial charge is 0.326 e. The number of carbonyl (C=O) groups is 2. The van der Waals surface area contributed by atoms with E-state index in [1.807, 2.05) is 24.3 Å². The normalized spacial score (nSPS) is 12.0. The molecule has 1 atom stereocenters. The Bertz CT molecular complexity index is 473. The molecule has 0 saturated heterocycles.